The van der Waals surface area contributed by atoms with Gasteiger partial charge in [0.1, 0.15) is 5.52 Å². The number of nitrogens with two attached hydrogens (primary N) is 1. The summed E-state index contributed by atoms with van der Waals surface area (Å²) in [6, 6.07) is 10.5. The van der Waals surface area contributed by atoms with Gasteiger partial charge in [0, 0.05) is 4.88 Å². The molecular weight excluding hydrogens is 290 g/mol. The van der Waals surface area contributed by atoms with Crippen LogP contribution in [0.3, 0.4) is 0 Å². The first-order valence-electron chi connectivity index (χ1n) is 6.11. The molecule has 3 N–H and O–H groups in total. The number of nitrogen functional groups attached to an aromatic ring is 1. The summed E-state index contributed by atoms with van der Waals surface area (Å²) in [4.78, 5) is 25.0. The zero-order valence-electron chi connectivity index (χ0n) is 10.8. The van der Waals surface area contributed by atoms with Crippen LogP contribution in [0.4, 0.5) is 0 Å². The summed E-state index contributed by atoms with van der Waals surface area (Å²) in [5, 5.41) is 8.44. The van der Waals surface area contributed by atoms with Crippen molar-refractivity contribution in [3.8, 4) is 0 Å². The summed E-state index contributed by atoms with van der Waals surface area (Å²) in [6.45, 7) is 0.263. The molecular formula is C13H11N5O2S. The van der Waals surface area contributed by atoms with Gasteiger partial charge in [-0.1, -0.05) is 17.3 Å². The fourth-order valence-electron chi connectivity index (χ4n) is 1.93. The van der Waals surface area contributed by atoms with Crippen LogP contribution in [0.25, 0.3) is 10.9 Å². The van der Waals surface area contributed by atoms with Gasteiger partial charge in [-0.2, -0.15) is 0 Å². The molecule has 0 fully saturated rings. The average Bonchev–Trinajstić information content (AvgIpc) is 2.98. The average molecular weight is 301 g/mol. The van der Waals surface area contributed by atoms with E-state index in [2.05, 4.69) is 15.7 Å². The van der Waals surface area contributed by atoms with Crippen LogP contribution >= 0.6 is 11.3 Å². The molecule has 0 unspecified atom stereocenters. The van der Waals surface area contributed by atoms with E-state index in [0.29, 0.717) is 15.8 Å². The molecule has 0 aliphatic rings. The normalized spacial score (nSPS) is 10.7. The SMILES string of the molecule is NNC(=O)c1ccc(Cn2nnc3ccccc3c2=O)s1. The number of hydrogen-bond donors (Lipinski definition) is 2. The zero-order valence-corrected chi connectivity index (χ0v) is 11.6. The summed E-state index contributed by atoms with van der Waals surface area (Å²) >= 11 is 1.25. The molecule has 21 heavy (non-hydrogen) atoms. The highest BCUT2D eigenvalue weighted by atomic mass is 32.1. The first-order valence-corrected chi connectivity index (χ1v) is 6.93. The molecule has 0 aliphatic heterocycles. The first-order chi connectivity index (χ1) is 10.2. The summed E-state index contributed by atoms with van der Waals surface area (Å²) in [7, 11) is 0. The molecule has 0 bridgehead atoms. The Hall–Kier alpha value is -2.58. The Balaban J connectivity index is 1.95. The fourth-order valence-corrected chi connectivity index (χ4v) is 2.82. The predicted octanol–water partition coefficient (Wildman–Crippen LogP) is 0.505. The molecule has 1 aromatic carbocycles. The molecule has 0 spiro atoms. The van der Waals surface area contributed by atoms with Gasteiger partial charge >= 0.3 is 0 Å². The van der Waals surface area contributed by atoms with Crippen molar-refractivity contribution in [1.82, 2.24) is 20.4 Å². The third-order valence-electron chi connectivity index (χ3n) is 2.95. The molecule has 7 nitrogen and oxygen atoms in total. The summed E-state index contributed by atoms with van der Waals surface area (Å²) in [5.74, 6) is 4.72. The number of rotatable bonds is 3. The van der Waals surface area contributed by atoms with Crippen LogP contribution in [-0.4, -0.2) is 20.9 Å². The van der Waals surface area contributed by atoms with E-state index < -0.39 is 0 Å². The Morgan fingerprint density at radius 3 is 2.90 bits per heavy atom. The van der Waals surface area contributed by atoms with Crippen molar-refractivity contribution in [2.75, 3.05) is 0 Å². The molecule has 0 saturated heterocycles. The van der Waals surface area contributed by atoms with Crippen molar-refractivity contribution in [3.63, 3.8) is 0 Å². The zero-order chi connectivity index (χ0) is 14.8. The van der Waals surface area contributed by atoms with Crippen molar-refractivity contribution < 1.29 is 4.79 Å². The summed E-state index contributed by atoms with van der Waals surface area (Å²) < 4.78 is 1.28. The highest BCUT2D eigenvalue weighted by Crippen LogP contribution is 2.16. The van der Waals surface area contributed by atoms with E-state index in [4.69, 9.17) is 5.84 Å². The van der Waals surface area contributed by atoms with Gasteiger partial charge in [0.2, 0.25) is 0 Å². The number of aromatic nitrogens is 3. The van der Waals surface area contributed by atoms with Gasteiger partial charge in [0.25, 0.3) is 11.5 Å². The van der Waals surface area contributed by atoms with E-state index in [1.165, 1.54) is 16.0 Å². The van der Waals surface area contributed by atoms with Gasteiger partial charge in [-0.05, 0) is 24.3 Å². The lowest BCUT2D eigenvalue weighted by atomic mass is 10.2. The minimum Gasteiger partial charge on any atom is -0.289 e. The molecule has 2 heterocycles. The fraction of sp³-hybridized carbons (Fsp3) is 0.0769. The molecule has 0 saturated carbocycles. The largest absolute Gasteiger partial charge is 0.289 e. The third-order valence-corrected chi connectivity index (χ3v) is 4.02. The number of hydrazine groups is 1. The van der Waals surface area contributed by atoms with E-state index in [-0.39, 0.29) is 18.0 Å². The van der Waals surface area contributed by atoms with Gasteiger partial charge in [-0.25, -0.2) is 10.5 Å². The first kappa shape index (κ1) is 13.4. The van der Waals surface area contributed by atoms with Crippen molar-refractivity contribution in [2.24, 2.45) is 5.84 Å². The second-order valence-corrected chi connectivity index (χ2v) is 5.48. The van der Waals surface area contributed by atoms with E-state index in [0.717, 1.165) is 4.88 Å². The third kappa shape index (κ3) is 2.54. The van der Waals surface area contributed by atoms with Gasteiger partial charge in [0.15, 0.2) is 0 Å². The molecule has 0 aliphatic carbocycles. The summed E-state index contributed by atoms with van der Waals surface area (Å²) in [6.07, 6.45) is 0. The number of amides is 1. The smallest absolute Gasteiger partial charge is 0.277 e. The number of hydrogen-bond acceptors (Lipinski definition) is 6. The standard InChI is InChI=1S/C13H11N5O2S/c14-15-12(19)11-6-5-8(21-11)7-18-13(20)9-3-1-2-4-10(9)16-17-18/h1-6H,7,14H2,(H,15,19). The lowest BCUT2D eigenvalue weighted by Gasteiger charge is -2.02. The maximum absolute atomic E-state index is 12.3. The molecule has 106 valence electrons. The lowest BCUT2D eigenvalue weighted by molar-refractivity contribution is 0.0957. The second kappa shape index (κ2) is 5.43. The van der Waals surface area contributed by atoms with Crippen molar-refractivity contribution in [1.29, 1.82) is 0 Å². The monoisotopic (exact) mass is 301 g/mol. The van der Waals surface area contributed by atoms with Gasteiger partial charge in [0.05, 0.1) is 16.8 Å². The quantitative estimate of drug-likeness (QED) is 0.417. The van der Waals surface area contributed by atoms with Crippen LogP contribution in [0.5, 0.6) is 0 Å². The van der Waals surface area contributed by atoms with Crippen molar-refractivity contribution in [3.05, 3.63) is 56.5 Å². The lowest BCUT2D eigenvalue weighted by Crippen LogP contribution is -2.29. The van der Waals surface area contributed by atoms with Crippen LogP contribution in [0.15, 0.2) is 41.2 Å². The van der Waals surface area contributed by atoms with E-state index >= 15 is 0 Å². The molecule has 0 radical (unpaired) electrons. The molecule has 3 rings (SSSR count). The van der Waals surface area contributed by atoms with E-state index in [1.54, 1.807) is 36.4 Å². The van der Waals surface area contributed by atoms with Crippen LogP contribution in [0.2, 0.25) is 0 Å². The molecule has 2 aromatic heterocycles. The maximum atomic E-state index is 12.3. The highest BCUT2D eigenvalue weighted by Gasteiger charge is 2.10. The molecule has 0 atom stereocenters. The van der Waals surface area contributed by atoms with Gasteiger partial charge in [-0.3, -0.25) is 15.0 Å². The summed E-state index contributed by atoms with van der Waals surface area (Å²) in [5.41, 5.74) is 2.42. The number of carbonyl (C=O) groups is 1. The predicted molar refractivity (Wildman–Crippen MR) is 78.9 cm³/mol. The van der Waals surface area contributed by atoms with E-state index in [1.807, 2.05) is 0 Å². The Morgan fingerprint density at radius 2 is 2.10 bits per heavy atom. The van der Waals surface area contributed by atoms with Crippen LogP contribution in [0, 0.1) is 0 Å². The Kier molecular flexibility index (Phi) is 3.46. The maximum Gasteiger partial charge on any atom is 0.277 e. The number of carbonyl (C=O) groups excluding carboxylic acids is 1. The minimum absolute atomic E-state index is 0.209. The Bertz CT molecular complexity index is 870. The van der Waals surface area contributed by atoms with Gasteiger partial charge in [-0.15, -0.1) is 16.4 Å². The molecule has 3 aromatic rings. The number of fused-ring (bicyclic) bond motifs is 1. The van der Waals surface area contributed by atoms with Crippen molar-refractivity contribution in [2.45, 2.75) is 6.54 Å². The second-order valence-electron chi connectivity index (χ2n) is 4.31. The van der Waals surface area contributed by atoms with Gasteiger partial charge < -0.3 is 0 Å². The Morgan fingerprint density at radius 1 is 1.29 bits per heavy atom. The minimum atomic E-state index is -0.358. The molecule has 8 heteroatoms. The number of nitrogens with zero attached hydrogens (tertiary/aromatic N) is 3. The van der Waals surface area contributed by atoms with Crippen LogP contribution < -0.4 is 16.8 Å². The van der Waals surface area contributed by atoms with Crippen LogP contribution in [0.1, 0.15) is 14.5 Å². The number of thiophene rings is 1. The van der Waals surface area contributed by atoms with Crippen molar-refractivity contribution >= 4 is 28.1 Å². The van der Waals surface area contributed by atoms with E-state index in [9.17, 15) is 9.59 Å². The molecule has 1 amide bonds. The number of benzene rings is 1. The van der Waals surface area contributed by atoms with Crippen LogP contribution in [-0.2, 0) is 6.54 Å². The number of nitrogens with one attached hydrogen (secondary N) is 1. The Labute approximate surface area is 123 Å². The topological polar surface area (TPSA) is 103 Å². The highest BCUT2D eigenvalue weighted by molar-refractivity contribution is 7.14.